The van der Waals surface area contributed by atoms with Gasteiger partial charge in [-0.3, -0.25) is 14.4 Å². The largest absolute Gasteiger partial charge is 0.504 e. The van der Waals surface area contributed by atoms with Gasteiger partial charge in [0.25, 0.3) is 0 Å². The van der Waals surface area contributed by atoms with Gasteiger partial charge in [0.1, 0.15) is 0 Å². The first-order valence-corrected chi connectivity index (χ1v) is 11.0. The molecule has 1 N–H and O–H groups in total. The fourth-order valence-corrected chi connectivity index (χ4v) is 3.26. The third-order valence-electron chi connectivity index (χ3n) is 5.12. The molecule has 0 spiro atoms. The normalized spacial score (nSPS) is 11.9. The molecule has 0 aliphatic carbocycles. The Balaban J connectivity index is 2.23. The summed E-state index contributed by atoms with van der Waals surface area (Å²) in [4.78, 5) is 37.7. The molecule has 0 amide bonds. The monoisotopic (exact) mass is 482 g/mol. The minimum atomic E-state index is -1.06. The van der Waals surface area contributed by atoms with Gasteiger partial charge in [0.2, 0.25) is 0 Å². The number of aromatic hydroxyl groups is 1. The Kier molecular flexibility index (Phi) is 10.6. The van der Waals surface area contributed by atoms with E-state index in [0.717, 1.165) is 0 Å². The van der Waals surface area contributed by atoms with Crippen LogP contribution in [0.15, 0.2) is 48.6 Å². The molecule has 1 atom stereocenters. The molecule has 2 aromatic rings. The van der Waals surface area contributed by atoms with Crippen LogP contribution in [0.1, 0.15) is 30.9 Å². The first-order chi connectivity index (χ1) is 16.8. The lowest BCUT2D eigenvalue weighted by molar-refractivity contribution is -0.143. The molecule has 0 saturated heterocycles. The van der Waals surface area contributed by atoms with E-state index in [1.807, 2.05) is 0 Å². The lowest BCUT2D eigenvalue weighted by atomic mass is 9.92. The smallest absolute Gasteiger partial charge is 0.305 e. The molecule has 1 unspecified atom stereocenters. The van der Waals surface area contributed by atoms with Gasteiger partial charge in [0, 0.05) is 6.42 Å². The number of benzene rings is 2. The molecule has 0 bridgehead atoms. The first kappa shape index (κ1) is 27.2. The van der Waals surface area contributed by atoms with Gasteiger partial charge < -0.3 is 24.1 Å². The van der Waals surface area contributed by atoms with Gasteiger partial charge in [-0.2, -0.15) is 0 Å². The van der Waals surface area contributed by atoms with E-state index in [0.29, 0.717) is 22.6 Å². The Morgan fingerprint density at radius 3 is 1.91 bits per heavy atom. The van der Waals surface area contributed by atoms with Crippen LogP contribution in [-0.2, 0) is 19.1 Å². The third-order valence-corrected chi connectivity index (χ3v) is 5.12. The molecule has 8 nitrogen and oxygen atoms in total. The van der Waals surface area contributed by atoms with E-state index in [1.165, 1.54) is 45.6 Å². The zero-order valence-corrected chi connectivity index (χ0v) is 20.3. The molecule has 0 fully saturated rings. The number of hydrogen-bond donors (Lipinski definition) is 1. The highest BCUT2D eigenvalue weighted by Crippen LogP contribution is 2.28. The lowest BCUT2D eigenvalue weighted by Crippen LogP contribution is -2.22. The van der Waals surface area contributed by atoms with Gasteiger partial charge >= 0.3 is 5.97 Å². The van der Waals surface area contributed by atoms with Gasteiger partial charge in [-0.15, -0.1) is 0 Å². The first-order valence-electron chi connectivity index (χ1n) is 11.0. The molecule has 8 heteroatoms. The van der Waals surface area contributed by atoms with Crippen molar-refractivity contribution in [2.24, 2.45) is 5.92 Å². The van der Waals surface area contributed by atoms with Crippen LogP contribution in [0.2, 0.25) is 0 Å². The maximum absolute atomic E-state index is 13.0. The predicted molar refractivity (Wildman–Crippen MR) is 132 cm³/mol. The zero-order valence-electron chi connectivity index (χ0n) is 20.3. The number of ether oxygens (including phenoxy) is 4. The molecule has 0 aliphatic heterocycles. The van der Waals surface area contributed by atoms with Crippen LogP contribution in [0.25, 0.3) is 12.2 Å². The number of allylic oxidation sites excluding steroid dienone is 2. The number of carbonyl (C=O) groups excluding carboxylic acids is 3. The minimum Gasteiger partial charge on any atom is -0.504 e. The second-order valence-corrected chi connectivity index (χ2v) is 7.41. The third kappa shape index (κ3) is 8.03. The van der Waals surface area contributed by atoms with E-state index < -0.39 is 23.5 Å². The predicted octanol–water partition coefficient (Wildman–Crippen LogP) is 4.24. The molecular weight excluding hydrogens is 452 g/mol. The number of hydrogen-bond acceptors (Lipinski definition) is 8. The van der Waals surface area contributed by atoms with E-state index in [-0.39, 0.29) is 30.9 Å². The second kappa shape index (κ2) is 13.6. The van der Waals surface area contributed by atoms with Gasteiger partial charge in [0.15, 0.2) is 34.6 Å². The minimum absolute atomic E-state index is 0.00993. The molecular formula is C27H30O8. The van der Waals surface area contributed by atoms with Crippen LogP contribution < -0.4 is 14.2 Å². The van der Waals surface area contributed by atoms with Crippen LogP contribution in [0.3, 0.4) is 0 Å². The maximum atomic E-state index is 13.0. The quantitative estimate of drug-likeness (QED) is 0.257. The zero-order chi connectivity index (χ0) is 25.8. The number of ketones is 2. The summed E-state index contributed by atoms with van der Waals surface area (Å²) in [5.41, 5.74) is 1.28. The highest BCUT2D eigenvalue weighted by molar-refractivity contribution is 6.13. The number of esters is 1. The van der Waals surface area contributed by atoms with E-state index in [9.17, 15) is 19.5 Å². The Hall–Kier alpha value is -4.07. The summed E-state index contributed by atoms with van der Waals surface area (Å²) in [6.07, 6.45) is 5.63. The molecule has 2 aromatic carbocycles. The van der Waals surface area contributed by atoms with Crippen molar-refractivity contribution in [3.8, 4) is 23.0 Å². The van der Waals surface area contributed by atoms with Crippen LogP contribution in [-0.4, -0.2) is 50.6 Å². The molecule has 35 heavy (non-hydrogen) atoms. The summed E-state index contributed by atoms with van der Waals surface area (Å²) in [6, 6.07) is 9.77. The standard InChI is InChI=1S/C27H30O8/c1-5-35-27(31)15-10-20(21(28)11-6-18-8-13-23(30)25(16-18)33-3)22(29)12-7-19-9-14-24(32-2)26(17-19)34-4/h6-9,11-14,16-17,20,30H,5,10,15H2,1-4H3. The van der Waals surface area contributed by atoms with Crippen molar-refractivity contribution in [1.82, 2.24) is 0 Å². The SMILES string of the molecule is CCOC(=O)CCC(C(=O)C=Cc1ccc(O)c(OC)c1)C(=O)C=Cc1ccc(OC)c(OC)c1. The Labute approximate surface area is 204 Å². The molecule has 2 rings (SSSR count). The van der Waals surface area contributed by atoms with Gasteiger partial charge in [-0.1, -0.05) is 24.3 Å². The van der Waals surface area contributed by atoms with Crippen LogP contribution in [0.5, 0.6) is 23.0 Å². The van der Waals surface area contributed by atoms with Crippen molar-refractivity contribution in [3.05, 3.63) is 59.7 Å². The molecule has 0 heterocycles. The van der Waals surface area contributed by atoms with Gasteiger partial charge in [-0.05, 0) is 60.9 Å². The molecule has 0 saturated carbocycles. The average Bonchev–Trinajstić information content (AvgIpc) is 2.86. The number of methoxy groups -OCH3 is 3. The molecule has 0 radical (unpaired) electrons. The van der Waals surface area contributed by atoms with Crippen molar-refractivity contribution in [3.63, 3.8) is 0 Å². The fraction of sp³-hybridized carbons (Fsp3) is 0.296. The summed E-state index contributed by atoms with van der Waals surface area (Å²) in [7, 11) is 4.46. The summed E-state index contributed by atoms with van der Waals surface area (Å²) < 4.78 is 20.5. The molecule has 186 valence electrons. The summed E-state index contributed by atoms with van der Waals surface area (Å²) in [6.45, 7) is 1.90. The van der Waals surface area contributed by atoms with Crippen molar-refractivity contribution in [1.29, 1.82) is 0 Å². The van der Waals surface area contributed by atoms with Crippen LogP contribution in [0.4, 0.5) is 0 Å². The second-order valence-electron chi connectivity index (χ2n) is 7.41. The van der Waals surface area contributed by atoms with Crippen molar-refractivity contribution in [2.75, 3.05) is 27.9 Å². The van der Waals surface area contributed by atoms with Crippen LogP contribution >= 0.6 is 0 Å². The summed E-state index contributed by atoms with van der Waals surface area (Å²) in [5, 5.41) is 9.73. The lowest BCUT2D eigenvalue weighted by Gasteiger charge is -2.11. The fourth-order valence-electron chi connectivity index (χ4n) is 3.26. The van der Waals surface area contributed by atoms with E-state index >= 15 is 0 Å². The average molecular weight is 483 g/mol. The van der Waals surface area contributed by atoms with Crippen LogP contribution in [0, 0.1) is 5.92 Å². The topological polar surface area (TPSA) is 108 Å². The number of phenols is 1. The van der Waals surface area contributed by atoms with E-state index in [4.69, 9.17) is 18.9 Å². The van der Waals surface area contributed by atoms with Gasteiger partial charge in [0.05, 0.1) is 33.9 Å². The number of rotatable bonds is 13. The van der Waals surface area contributed by atoms with Crippen molar-refractivity contribution >= 4 is 29.7 Å². The summed E-state index contributed by atoms with van der Waals surface area (Å²) >= 11 is 0. The maximum Gasteiger partial charge on any atom is 0.305 e. The highest BCUT2D eigenvalue weighted by atomic mass is 16.5. The summed E-state index contributed by atoms with van der Waals surface area (Å²) in [5.74, 6) is -1.16. The van der Waals surface area contributed by atoms with E-state index in [1.54, 1.807) is 43.3 Å². The number of phenolic OH excluding ortho intramolecular Hbond substituents is 1. The van der Waals surface area contributed by atoms with Gasteiger partial charge in [-0.25, -0.2) is 0 Å². The van der Waals surface area contributed by atoms with E-state index in [2.05, 4.69) is 0 Å². The number of carbonyl (C=O) groups is 3. The van der Waals surface area contributed by atoms with Crippen molar-refractivity contribution < 1.29 is 38.4 Å². The van der Waals surface area contributed by atoms with Crippen molar-refractivity contribution in [2.45, 2.75) is 19.8 Å². The highest BCUT2D eigenvalue weighted by Gasteiger charge is 2.24. The Morgan fingerprint density at radius 1 is 0.829 bits per heavy atom. The Morgan fingerprint density at radius 2 is 1.37 bits per heavy atom. The molecule has 0 aliphatic rings. The Bertz CT molecular complexity index is 1100. The molecule has 0 aromatic heterocycles.